The molecule has 0 bridgehead atoms. The molecule has 92 valence electrons. The van der Waals surface area contributed by atoms with Crippen molar-refractivity contribution in [3.63, 3.8) is 0 Å². The minimum atomic E-state index is -1.30. The number of fused-ring (bicyclic) bond motifs is 1. The Labute approximate surface area is 106 Å². The Hall–Kier alpha value is -0.920. The van der Waals surface area contributed by atoms with Gasteiger partial charge in [-0.25, -0.2) is 4.98 Å². The van der Waals surface area contributed by atoms with Gasteiger partial charge in [0, 0.05) is 11.8 Å². The van der Waals surface area contributed by atoms with Crippen LogP contribution in [0.5, 0.6) is 0 Å². The Morgan fingerprint density at radius 1 is 1.29 bits per heavy atom. The summed E-state index contributed by atoms with van der Waals surface area (Å²) in [6.07, 6.45) is -1.15. The fraction of sp³-hybridized carbons (Fsp3) is 0.333. The number of H-pyrrole nitrogens is 1. The molecule has 0 aliphatic rings. The standard InChI is InChI=1S/C9H9Cl2N3O3/c10-7-5-3(6(17)4(16)2-15)1-12-8(5)14-9(11)13-7/h1,4,6,15-17H,2H2,(H,12,13,14). The maximum atomic E-state index is 9.79. The van der Waals surface area contributed by atoms with E-state index in [1.165, 1.54) is 6.20 Å². The number of aromatic nitrogens is 3. The highest BCUT2D eigenvalue weighted by molar-refractivity contribution is 6.35. The molecule has 0 saturated carbocycles. The summed E-state index contributed by atoms with van der Waals surface area (Å²) in [5, 5.41) is 28.4. The SMILES string of the molecule is OCC(O)C(O)c1c[nH]c2nc(Cl)nc(Cl)c12. The summed E-state index contributed by atoms with van der Waals surface area (Å²) in [6, 6.07) is 0. The number of aliphatic hydroxyl groups is 3. The zero-order valence-electron chi connectivity index (χ0n) is 8.43. The number of halogens is 2. The number of nitrogens with zero attached hydrogens (tertiary/aromatic N) is 2. The molecule has 0 fully saturated rings. The van der Waals surface area contributed by atoms with E-state index in [9.17, 15) is 10.2 Å². The van der Waals surface area contributed by atoms with Crippen molar-refractivity contribution in [3.8, 4) is 0 Å². The topological polar surface area (TPSA) is 102 Å². The smallest absolute Gasteiger partial charge is 0.225 e. The predicted octanol–water partition coefficient (Wildman–Crippen LogP) is 0.651. The number of nitrogens with one attached hydrogen (secondary N) is 1. The first kappa shape index (κ1) is 12.5. The van der Waals surface area contributed by atoms with Gasteiger partial charge < -0.3 is 20.3 Å². The Kier molecular flexibility index (Phi) is 3.50. The Morgan fingerprint density at radius 3 is 2.65 bits per heavy atom. The first-order valence-corrected chi connectivity index (χ1v) is 5.47. The maximum Gasteiger partial charge on any atom is 0.225 e. The van der Waals surface area contributed by atoms with Crippen LogP contribution in [0.2, 0.25) is 10.4 Å². The molecule has 0 saturated heterocycles. The van der Waals surface area contributed by atoms with Crippen LogP contribution in [0.1, 0.15) is 11.7 Å². The third-order valence-electron chi connectivity index (χ3n) is 2.36. The van der Waals surface area contributed by atoms with Crippen LogP contribution in [0.15, 0.2) is 6.20 Å². The molecule has 0 amide bonds. The van der Waals surface area contributed by atoms with Crippen molar-refractivity contribution >= 4 is 34.2 Å². The van der Waals surface area contributed by atoms with Crippen LogP contribution in [0.25, 0.3) is 11.0 Å². The number of hydrogen-bond donors (Lipinski definition) is 4. The molecule has 2 atom stereocenters. The van der Waals surface area contributed by atoms with Crippen molar-refractivity contribution in [2.24, 2.45) is 0 Å². The largest absolute Gasteiger partial charge is 0.394 e. The summed E-state index contributed by atoms with van der Waals surface area (Å²) < 4.78 is 0. The molecule has 2 rings (SSSR count). The highest BCUT2D eigenvalue weighted by atomic mass is 35.5. The molecule has 8 heteroatoms. The van der Waals surface area contributed by atoms with Gasteiger partial charge in [-0.1, -0.05) is 11.6 Å². The molecule has 6 nitrogen and oxygen atoms in total. The van der Waals surface area contributed by atoms with Crippen LogP contribution in [-0.2, 0) is 0 Å². The Balaban J connectivity index is 2.56. The summed E-state index contributed by atoms with van der Waals surface area (Å²) >= 11 is 11.5. The normalized spacial score (nSPS) is 15.1. The summed E-state index contributed by atoms with van der Waals surface area (Å²) in [5.41, 5.74) is 0.664. The van der Waals surface area contributed by atoms with Crippen molar-refractivity contribution in [2.75, 3.05) is 6.61 Å². The van der Waals surface area contributed by atoms with E-state index in [0.29, 0.717) is 16.6 Å². The van der Waals surface area contributed by atoms with Crippen LogP contribution in [-0.4, -0.2) is 43.0 Å². The first-order chi connectivity index (χ1) is 8.04. The highest BCUT2D eigenvalue weighted by Crippen LogP contribution is 2.30. The van der Waals surface area contributed by atoms with Gasteiger partial charge in [0.05, 0.1) is 12.0 Å². The third-order valence-corrected chi connectivity index (χ3v) is 2.80. The van der Waals surface area contributed by atoms with Crippen LogP contribution < -0.4 is 0 Å². The fourth-order valence-corrected chi connectivity index (χ4v) is 2.02. The van der Waals surface area contributed by atoms with E-state index < -0.39 is 18.8 Å². The fourth-order valence-electron chi connectivity index (χ4n) is 1.53. The first-order valence-electron chi connectivity index (χ1n) is 4.71. The van der Waals surface area contributed by atoms with Crippen molar-refractivity contribution < 1.29 is 15.3 Å². The number of rotatable bonds is 3. The van der Waals surface area contributed by atoms with Crippen molar-refractivity contribution in [2.45, 2.75) is 12.2 Å². The van der Waals surface area contributed by atoms with Crippen molar-refractivity contribution in [1.82, 2.24) is 15.0 Å². The molecule has 0 aromatic carbocycles. The summed E-state index contributed by atoms with van der Waals surface area (Å²) in [7, 11) is 0. The molecule has 0 spiro atoms. The number of aromatic amines is 1. The quantitative estimate of drug-likeness (QED) is 0.487. The van der Waals surface area contributed by atoms with E-state index in [1.807, 2.05) is 0 Å². The van der Waals surface area contributed by atoms with E-state index >= 15 is 0 Å². The molecule has 2 unspecified atom stereocenters. The second kappa shape index (κ2) is 4.75. The Morgan fingerprint density at radius 2 is 2.00 bits per heavy atom. The zero-order valence-corrected chi connectivity index (χ0v) is 9.94. The second-order valence-electron chi connectivity index (χ2n) is 3.45. The highest BCUT2D eigenvalue weighted by Gasteiger charge is 2.23. The van der Waals surface area contributed by atoms with E-state index in [4.69, 9.17) is 28.3 Å². The molecular weight excluding hydrogens is 269 g/mol. The number of hydrogen-bond acceptors (Lipinski definition) is 5. The van der Waals surface area contributed by atoms with Crippen molar-refractivity contribution in [1.29, 1.82) is 0 Å². The van der Waals surface area contributed by atoms with Gasteiger partial charge >= 0.3 is 0 Å². The monoisotopic (exact) mass is 277 g/mol. The van der Waals surface area contributed by atoms with Crippen LogP contribution in [0.3, 0.4) is 0 Å². The maximum absolute atomic E-state index is 9.79. The van der Waals surface area contributed by atoms with Gasteiger partial charge in [-0.15, -0.1) is 0 Å². The van der Waals surface area contributed by atoms with Gasteiger partial charge in [-0.3, -0.25) is 0 Å². The summed E-state index contributed by atoms with van der Waals surface area (Å²) in [5.74, 6) is 0. The summed E-state index contributed by atoms with van der Waals surface area (Å²) in [6.45, 7) is -0.570. The molecule has 17 heavy (non-hydrogen) atoms. The molecule has 2 aromatic heterocycles. The minimum absolute atomic E-state index is 0.0203. The van der Waals surface area contributed by atoms with Crippen LogP contribution in [0.4, 0.5) is 0 Å². The molecule has 4 N–H and O–H groups in total. The van der Waals surface area contributed by atoms with E-state index in [1.54, 1.807) is 0 Å². The summed E-state index contributed by atoms with van der Waals surface area (Å²) in [4.78, 5) is 10.4. The lowest BCUT2D eigenvalue weighted by Gasteiger charge is -2.14. The second-order valence-corrected chi connectivity index (χ2v) is 4.14. The third kappa shape index (κ3) is 2.22. The molecule has 2 aromatic rings. The van der Waals surface area contributed by atoms with E-state index in [-0.39, 0.29) is 10.4 Å². The molecule has 0 aliphatic carbocycles. The molecule has 2 heterocycles. The molecular formula is C9H9Cl2N3O3. The average Bonchev–Trinajstić information content (AvgIpc) is 2.70. The molecule has 0 radical (unpaired) electrons. The van der Waals surface area contributed by atoms with Gasteiger partial charge in [0.2, 0.25) is 5.28 Å². The molecule has 0 aliphatic heterocycles. The van der Waals surface area contributed by atoms with Crippen LogP contribution in [0, 0.1) is 0 Å². The van der Waals surface area contributed by atoms with Gasteiger partial charge in [0.15, 0.2) is 0 Å². The van der Waals surface area contributed by atoms with Crippen LogP contribution >= 0.6 is 23.2 Å². The van der Waals surface area contributed by atoms with E-state index in [0.717, 1.165) is 0 Å². The average molecular weight is 278 g/mol. The van der Waals surface area contributed by atoms with Gasteiger partial charge in [0.1, 0.15) is 23.0 Å². The zero-order chi connectivity index (χ0) is 12.6. The van der Waals surface area contributed by atoms with E-state index in [2.05, 4.69) is 15.0 Å². The van der Waals surface area contributed by atoms with Gasteiger partial charge in [-0.2, -0.15) is 4.98 Å². The lowest BCUT2D eigenvalue weighted by Crippen LogP contribution is -2.21. The predicted molar refractivity (Wildman–Crippen MR) is 62.0 cm³/mol. The minimum Gasteiger partial charge on any atom is -0.394 e. The Bertz CT molecular complexity index is 546. The number of aliphatic hydroxyl groups excluding tert-OH is 3. The van der Waals surface area contributed by atoms with Crippen molar-refractivity contribution in [3.05, 3.63) is 22.2 Å². The lowest BCUT2D eigenvalue weighted by molar-refractivity contribution is -0.0145. The lowest BCUT2D eigenvalue weighted by atomic mass is 10.1. The van der Waals surface area contributed by atoms with Gasteiger partial charge in [-0.05, 0) is 11.6 Å². The van der Waals surface area contributed by atoms with Gasteiger partial charge in [0.25, 0.3) is 0 Å².